The molecule has 0 aliphatic heterocycles. The summed E-state index contributed by atoms with van der Waals surface area (Å²) in [4.78, 5) is 25.8. The number of nitrogens with one attached hydrogen (secondary N) is 2. The van der Waals surface area contributed by atoms with Gasteiger partial charge < -0.3 is 40.4 Å². The van der Waals surface area contributed by atoms with Crippen LogP contribution in [0, 0.1) is 0 Å². The Labute approximate surface area is 232 Å². The third-order valence-electron chi connectivity index (χ3n) is 6.15. The van der Waals surface area contributed by atoms with Crippen LogP contribution in [0.5, 0.6) is 0 Å². The highest BCUT2D eigenvalue weighted by atomic mass is 16.6. The third kappa shape index (κ3) is 11.2. The summed E-state index contributed by atoms with van der Waals surface area (Å²) in [5, 5.41) is 40.1. The summed E-state index contributed by atoms with van der Waals surface area (Å²) in [6.45, 7) is 10.6. The lowest BCUT2D eigenvalue weighted by Gasteiger charge is -2.45. The van der Waals surface area contributed by atoms with Crippen molar-refractivity contribution in [1.29, 1.82) is 0 Å². The summed E-state index contributed by atoms with van der Waals surface area (Å²) < 4.78 is 5.38. The van der Waals surface area contributed by atoms with Crippen molar-refractivity contribution in [1.82, 2.24) is 15.5 Å². The smallest absolute Gasteiger partial charge is 0.407 e. The minimum absolute atomic E-state index is 0.0128. The van der Waals surface area contributed by atoms with Crippen LogP contribution in [0.2, 0.25) is 0 Å². The standard InChI is InChI=1S/C30H45N3O6/c1-29(2,3)33(28(37)38)24(18-22-15-11-8-12-16-22)26(35)20-31-19-25(34)23(17-21-13-9-7-10-14-21)32-27(36)39-30(4,5)6/h7-16,23-26,31,34-35H,17-20H2,1-6H3,(H,32,36)(H,37,38)/p-1/t23-,24+,25+,26-/m0/s1. The highest BCUT2D eigenvalue weighted by molar-refractivity contribution is 5.68. The third-order valence-corrected chi connectivity index (χ3v) is 6.15. The molecule has 0 aromatic heterocycles. The van der Waals surface area contributed by atoms with E-state index < -0.39 is 47.6 Å². The van der Waals surface area contributed by atoms with Gasteiger partial charge in [-0.3, -0.25) is 0 Å². The number of benzene rings is 2. The monoisotopic (exact) mass is 542 g/mol. The van der Waals surface area contributed by atoms with Crippen LogP contribution in [0.1, 0.15) is 52.7 Å². The molecule has 0 aliphatic carbocycles. The van der Waals surface area contributed by atoms with Crippen molar-refractivity contribution in [3.63, 3.8) is 0 Å². The van der Waals surface area contributed by atoms with Gasteiger partial charge in [-0.15, -0.1) is 0 Å². The molecule has 0 aliphatic rings. The Morgan fingerprint density at radius 3 is 1.79 bits per heavy atom. The van der Waals surface area contributed by atoms with Crippen LogP contribution in [-0.2, 0) is 17.6 Å². The zero-order valence-electron chi connectivity index (χ0n) is 23.9. The van der Waals surface area contributed by atoms with Crippen LogP contribution >= 0.6 is 0 Å². The predicted octanol–water partition coefficient (Wildman–Crippen LogP) is 2.49. The first kappa shape index (κ1) is 32.1. The lowest BCUT2D eigenvalue weighted by molar-refractivity contribution is -0.275. The molecule has 2 aromatic carbocycles. The largest absolute Gasteiger partial charge is 0.530 e. The van der Waals surface area contributed by atoms with E-state index in [0.717, 1.165) is 11.1 Å². The van der Waals surface area contributed by atoms with Crippen LogP contribution in [0.3, 0.4) is 0 Å². The normalized spacial score (nSPS) is 15.1. The van der Waals surface area contributed by atoms with Crippen molar-refractivity contribution in [2.45, 2.75) is 89.8 Å². The Morgan fingerprint density at radius 1 is 0.846 bits per heavy atom. The van der Waals surface area contributed by atoms with Crippen LogP contribution in [0.4, 0.5) is 9.59 Å². The van der Waals surface area contributed by atoms with Gasteiger partial charge in [-0.25, -0.2) is 4.79 Å². The molecule has 0 radical (unpaired) electrons. The van der Waals surface area contributed by atoms with Gasteiger partial charge in [-0.2, -0.15) is 0 Å². The summed E-state index contributed by atoms with van der Waals surface area (Å²) in [7, 11) is 0. The van der Waals surface area contributed by atoms with Gasteiger partial charge in [0.15, 0.2) is 0 Å². The molecular formula is C30H44N3O6-. The Bertz CT molecular complexity index is 1020. The van der Waals surface area contributed by atoms with Gasteiger partial charge >= 0.3 is 6.09 Å². The molecule has 2 aromatic rings. The SMILES string of the molecule is CC(C)(C)OC(=O)N[C@@H](Cc1ccccc1)[C@H](O)CNC[C@H](O)[C@@H](Cc1ccccc1)N(C(=O)[O-])C(C)(C)C. The summed E-state index contributed by atoms with van der Waals surface area (Å²) in [5.74, 6) is 0. The molecule has 39 heavy (non-hydrogen) atoms. The molecule has 0 bridgehead atoms. The maximum absolute atomic E-state index is 12.5. The highest BCUT2D eigenvalue weighted by Gasteiger charge is 2.34. The van der Waals surface area contributed by atoms with Crippen molar-refractivity contribution in [2.24, 2.45) is 0 Å². The summed E-state index contributed by atoms with van der Waals surface area (Å²) >= 11 is 0. The summed E-state index contributed by atoms with van der Waals surface area (Å²) in [6, 6.07) is 17.4. The zero-order valence-corrected chi connectivity index (χ0v) is 23.9. The number of rotatable bonds is 12. The molecule has 0 fully saturated rings. The molecule has 0 saturated heterocycles. The number of carbonyl (C=O) groups excluding carboxylic acids is 2. The topological polar surface area (TPSA) is 134 Å². The first-order chi connectivity index (χ1) is 18.2. The van der Waals surface area contributed by atoms with E-state index in [1.54, 1.807) is 41.5 Å². The van der Waals surface area contributed by atoms with Crippen molar-refractivity contribution < 1.29 is 29.6 Å². The first-order valence-corrected chi connectivity index (χ1v) is 13.3. The molecule has 0 spiro atoms. The van der Waals surface area contributed by atoms with E-state index in [0.29, 0.717) is 6.42 Å². The number of carboxylic acid groups (broad SMARTS) is 1. The fraction of sp³-hybridized carbons (Fsp3) is 0.533. The number of hydrogen-bond acceptors (Lipinski definition) is 7. The molecule has 0 saturated carbocycles. The fourth-order valence-corrected chi connectivity index (χ4v) is 4.43. The van der Waals surface area contributed by atoms with Gasteiger partial charge in [0.25, 0.3) is 0 Å². The Kier molecular flexibility index (Phi) is 11.8. The van der Waals surface area contributed by atoms with Gasteiger partial charge in [0.1, 0.15) is 11.7 Å². The molecule has 0 unspecified atom stereocenters. The maximum atomic E-state index is 12.5. The minimum atomic E-state index is -1.37. The van der Waals surface area contributed by atoms with E-state index >= 15 is 0 Å². The average molecular weight is 543 g/mol. The van der Waals surface area contributed by atoms with Gasteiger partial charge in [0.05, 0.1) is 24.3 Å². The molecule has 9 heteroatoms. The second-order valence-corrected chi connectivity index (χ2v) is 11.8. The zero-order chi connectivity index (χ0) is 29.2. The van der Waals surface area contributed by atoms with Gasteiger partial charge in [0.2, 0.25) is 0 Å². The summed E-state index contributed by atoms with van der Waals surface area (Å²) in [6.07, 6.45) is -3.47. The quantitative estimate of drug-likeness (QED) is 0.324. The van der Waals surface area contributed by atoms with Crippen molar-refractivity contribution in [2.75, 3.05) is 13.1 Å². The minimum Gasteiger partial charge on any atom is -0.530 e. The van der Waals surface area contributed by atoms with Gasteiger partial charge in [-0.05, 0) is 65.5 Å². The fourth-order valence-electron chi connectivity index (χ4n) is 4.43. The molecule has 4 atom stereocenters. The number of nitrogens with zero attached hydrogens (tertiary/aromatic N) is 1. The van der Waals surface area contributed by atoms with E-state index in [1.165, 1.54) is 4.90 Å². The maximum Gasteiger partial charge on any atom is 0.407 e. The van der Waals surface area contributed by atoms with Crippen LogP contribution in [0.15, 0.2) is 60.7 Å². The van der Waals surface area contributed by atoms with Gasteiger partial charge in [-0.1, -0.05) is 60.7 Å². The first-order valence-electron chi connectivity index (χ1n) is 13.3. The van der Waals surface area contributed by atoms with E-state index in [-0.39, 0.29) is 19.5 Å². The predicted molar refractivity (Wildman–Crippen MR) is 149 cm³/mol. The second kappa shape index (κ2) is 14.3. The number of aliphatic hydroxyl groups is 2. The molecule has 9 nitrogen and oxygen atoms in total. The Balaban J connectivity index is 2.12. The van der Waals surface area contributed by atoms with Crippen LogP contribution in [-0.4, -0.2) is 75.8 Å². The highest BCUT2D eigenvalue weighted by Crippen LogP contribution is 2.22. The molecule has 0 heterocycles. The Hall–Kier alpha value is -3.14. The molecule has 4 N–H and O–H groups in total. The van der Waals surface area contributed by atoms with Crippen LogP contribution < -0.4 is 15.7 Å². The van der Waals surface area contributed by atoms with E-state index in [2.05, 4.69) is 10.6 Å². The average Bonchev–Trinajstić information content (AvgIpc) is 2.82. The number of hydrogen-bond donors (Lipinski definition) is 4. The number of alkyl carbamates (subject to hydrolysis) is 1. The molecule has 2 rings (SSSR count). The van der Waals surface area contributed by atoms with E-state index in [1.807, 2.05) is 60.7 Å². The lowest BCUT2D eigenvalue weighted by atomic mass is 9.94. The number of amides is 2. The second-order valence-electron chi connectivity index (χ2n) is 11.8. The van der Waals surface area contributed by atoms with Gasteiger partial charge in [0, 0.05) is 18.6 Å². The Morgan fingerprint density at radius 2 is 1.33 bits per heavy atom. The summed E-state index contributed by atoms with van der Waals surface area (Å²) in [5.41, 5.74) is 0.300. The number of ether oxygens (including phenoxy) is 1. The van der Waals surface area contributed by atoms with E-state index in [4.69, 9.17) is 4.74 Å². The molecular weight excluding hydrogens is 498 g/mol. The van der Waals surface area contributed by atoms with Crippen LogP contribution in [0.25, 0.3) is 0 Å². The van der Waals surface area contributed by atoms with Crippen molar-refractivity contribution in [3.05, 3.63) is 71.8 Å². The van der Waals surface area contributed by atoms with E-state index in [9.17, 15) is 24.9 Å². The van der Waals surface area contributed by atoms with Crippen molar-refractivity contribution >= 4 is 12.2 Å². The molecule has 2 amide bonds. The number of carbonyl (C=O) groups is 2. The lowest BCUT2D eigenvalue weighted by Crippen LogP contribution is -2.62. The molecule has 216 valence electrons. The van der Waals surface area contributed by atoms with Crippen molar-refractivity contribution in [3.8, 4) is 0 Å². The number of aliphatic hydroxyl groups excluding tert-OH is 2.